The maximum absolute atomic E-state index is 10.8. The molecular formula is C24H34ClNOS. The Labute approximate surface area is 180 Å². The molecule has 2 aromatic rings. The Morgan fingerprint density at radius 3 is 2.29 bits per heavy atom. The lowest BCUT2D eigenvalue weighted by atomic mass is 9.81. The van der Waals surface area contributed by atoms with Crippen LogP contribution in [0.5, 0.6) is 0 Å². The van der Waals surface area contributed by atoms with Crippen molar-refractivity contribution in [3.8, 4) is 0 Å². The summed E-state index contributed by atoms with van der Waals surface area (Å²) < 4.78 is 0. The molecule has 2 nitrogen and oxygen atoms in total. The lowest BCUT2D eigenvalue weighted by Crippen LogP contribution is -2.42. The van der Waals surface area contributed by atoms with Crippen LogP contribution in [0.15, 0.2) is 59.5 Å². The molecule has 0 spiro atoms. The van der Waals surface area contributed by atoms with Crippen LogP contribution in [0, 0.1) is 0 Å². The number of aliphatic hydroxyl groups excluding tert-OH is 1. The molecule has 154 valence electrons. The van der Waals surface area contributed by atoms with Gasteiger partial charge in [-0.1, -0.05) is 62.7 Å². The van der Waals surface area contributed by atoms with Crippen molar-refractivity contribution in [2.24, 2.45) is 0 Å². The van der Waals surface area contributed by atoms with Gasteiger partial charge in [-0.25, -0.2) is 0 Å². The molecule has 0 heterocycles. The Balaban J connectivity index is 0.00000280. The van der Waals surface area contributed by atoms with Crippen molar-refractivity contribution in [2.75, 3.05) is 0 Å². The maximum atomic E-state index is 10.8. The van der Waals surface area contributed by atoms with Crippen LogP contribution in [0.3, 0.4) is 0 Å². The predicted octanol–water partition coefficient (Wildman–Crippen LogP) is 6.35. The van der Waals surface area contributed by atoms with Crippen molar-refractivity contribution in [1.82, 2.24) is 5.32 Å². The third-order valence-electron chi connectivity index (χ3n) is 5.51. The number of thioether (sulfide) groups is 1. The molecule has 1 aliphatic rings. The molecule has 1 saturated carbocycles. The van der Waals surface area contributed by atoms with E-state index in [0.717, 1.165) is 12.0 Å². The monoisotopic (exact) mass is 419 g/mol. The number of nitrogens with one attached hydrogen (secondary N) is 1. The van der Waals surface area contributed by atoms with E-state index in [1.165, 1.54) is 29.7 Å². The lowest BCUT2D eigenvalue weighted by molar-refractivity contribution is 0.123. The molecule has 28 heavy (non-hydrogen) atoms. The zero-order valence-corrected chi connectivity index (χ0v) is 18.8. The first-order valence-electron chi connectivity index (χ1n) is 10.3. The molecule has 2 unspecified atom stereocenters. The van der Waals surface area contributed by atoms with Gasteiger partial charge in [-0.05, 0) is 55.4 Å². The summed E-state index contributed by atoms with van der Waals surface area (Å²) in [5, 5.41) is 15.1. The number of halogens is 1. The molecule has 4 heteroatoms. The fourth-order valence-electron chi connectivity index (χ4n) is 4.14. The Morgan fingerprint density at radius 1 is 0.964 bits per heavy atom. The second-order valence-electron chi connectivity index (χ2n) is 8.11. The minimum absolute atomic E-state index is 0. The summed E-state index contributed by atoms with van der Waals surface area (Å²) in [6, 6.07) is 19.8. The molecule has 1 aliphatic carbocycles. The molecule has 0 aromatic heterocycles. The van der Waals surface area contributed by atoms with E-state index in [2.05, 4.69) is 80.7 Å². The van der Waals surface area contributed by atoms with Crippen LogP contribution < -0.4 is 5.32 Å². The van der Waals surface area contributed by atoms with E-state index in [0.29, 0.717) is 17.2 Å². The van der Waals surface area contributed by atoms with Gasteiger partial charge in [0.25, 0.3) is 0 Å². The van der Waals surface area contributed by atoms with Crippen LogP contribution in [-0.2, 0) is 0 Å². The lowest BCUT2D eigenvalue weighted by Gasteiger charge is -2.33. The van der Waals surface area contributed by atoms with Crippen molar-refractivity contribution in [2.45, 2.75) is 80.7 Å². The number of hydrogen-bond acceptors (Lipinski definition) is 3. The highest BCUT2D eigenvalue weighted by atomic mass is 35.5. The van der Waals surface area contributed by atoms with Gasteiger partial charge in [0.1, 0.15) is 0 Å². The predicted molar refractivity (Wildman–Crippen MR) is 124 cm³/mol. The topological polar surface area (TPSA) is 32.3 Å². The third-order valence-corrected chi connectivity index (χ3v) is 6.53. The van der Waals surface area contributed by atoms with E-state index in [1.54, 1.807) is 0 Å². The average molecular weight is 420 g/mol. The SMILES string of the molecule is CC(C)Sc1ccc(C(O)C(C)N[C@@H]2CCC[C@H](c3ccccc3)C2)cc1.Cl. The van der Waals surface area contributed by atoms with Gasteiger partial charge in [0.2, 0.25) is 0 Å². The average Bonchev–Trinajstić information content (AvgIpc) is 2.68. The summed E-state index contributed by atoms with van der Waals surface area (Å²) in [6.45, 7) is 6.51. The van der Waals surface area contributed by atoms with Crippen molar-refractivity contribution < 1.29 is 5.11 Å². The quantitative estimate of drug-likeness (QED) is 0.513. The largest absolute Gasteiger partial charge is 0.387 e. The molecule has 2 N–H and O–H groups in total. The van der Waals surface area contributed by atoms with Crippen LogP contribution in [0.1, 0.15) is 69.6 Å². The molecule has 1 fully saturated rings. The van der Waals surface area contributed by atoms with E-state index < -0.39 is 6.10 Å². The smallest absolute Gasteiger partial charge is 0.0940 e. The minimum Gasteiger partial charge on any atom is -0.387 e. The summed E-state index contributed by atoms with van der Waals surface area (Å²) in [5.74, 6) is 0.633. The highest BCUT2D eigenvalue weighted by Crippen LogP contribution is 2.33. The van der Waals surface area contributed by atoms with E-state index in [-0.39, 0.29) is 18.4 Å². The summed E-state index contributed by atoms with van der Waals surface area (Å²) in [4.78, 5) is 1.26. The fourth-order valence-corrected chi connectivity index (χ4v) is 4.97. The van der Waals surface area contributed by atoms with Crippen LogP contribution in [0.4, 0.5) is 0 Å². The number of hydrogen-bond donors (Lipinski definition) is 2. The Kier molecular flexibility index (Phi) is 9.36. The van der Waals surface area contributed by atoms with E-state index in [9.17, 15) is 5.11 Å². The van der Waals surface area contributed by atoms with Gasteiger partial charge in [-0.3, -0.25) is 0 Å². The van der Waals surface area contributed by atoms with Crippen molar-refractivity contribution in [3.05, 3.63) is 65.7 Å². The first-order valence-corrected chi connectivity index (χ1v) is 11.2. The number of benzene rings is 2. The molecule has 3 rings (SSSR count). The van der Waals surface area contributed by atoms with Crippen molar-refractivity contribution >= 4 is 24.2 Å². The molecule has 0 saturated heterocycles. The molecule has 4 atom stereocenters. The van der Waals surface area contributed by atoms with Crippen LogP contribution in [0.25, 0.3) is 0 Å². The summed E-state index contributed by atoms with van der Waals surface area (Å²) in [5.41, 5.74) is 2.45. The first kappa shape index (κ1) is 23.3. The van der Waals surface area contributed by atoms with Crippen LogP contribution >= 0.6 is 24.2 Å². The highest BCUT2D eigenvalue weighted by Gasteiger charge is 2.26. The number of aliphatic hydroxyl groups is 1. The van der Waals surface area contributed by atoms with Crippen LogP contribution in [-0.4, -0.2) is 22.4 Å². The van der Waals surface area contributed by atoms with E-state index in [4.69, 9.17) is 0 Å². The highest BCUT2D eigenvalue weighted by molar-refractivity contribution is 7.99. The zero-order chi connectivity index (χ0) is 19.2. The van der Waals surface area contributed by atoms with Gasteiger partial charge in [-0.15, -0.1) is 24.2 Å². The summed E-state index contributed by atoms with van der Waals surface area (Å²) in [7, 11) is 0. The molecular weight excluding hydrogens is 386 g/mol. The fraction of sp³-hybridized carbons (Fsp3) is 0.500. The molecule has 0 bridgehead atoms. The van der Waals surface area contributed by atoms with Gasteiger partial charge in [0, 0.05) is 22.2 Å². The summed E-state index contributed by atoms with van der Waals surface area (Å²) >= 11 is 1.86. The summed E-state index contributed by atoms with van der Waals surface area (Å²) in [6.07, 6.45) is 4.41. The van der Waals surface area contributed by atoms with Gasteiger partial charge >= 0.3 is 0 Å². The van der Waals surface area contributed by atoms with Crippen molar-refractivity contribution in [1.29, 1.82) is 0 Å². The zero-order valence-electron chi connectivity index (χ0n) is 17.2. The Bertz CT molecular complexity index is 692. The molecule has 0 aliphatic heterocycles. The van der Waals surface area contributed by atoms with Crippen molar-refractivity contribution in [3.63, 3.8) is 0 Å². The first-order chi connectivity index (χ1) is 13.0. The van der Waals surface area contributed by atoms with E-state index in [1.807, 2.05) is 11.8 Å². The minimum atomic E-state index is -0.472. The number of rotatable bonds is 7. The Morgan fingerprint density at radius 2 is 1.64 bits per heavy atom. The van der Waals surface area contributed by atoms with Gasteiger partial charge in [-0.2, -0.15) is 0 Å². The Hall–Kier alpha value is -1.00. The normalized spacial score (nSPS) is 21.8. The maximum Gasteiger partial charge on any atom is 0.0940 e. The van der Waals surface area contributed by atoms with Crippen LogP contribution in [0.2, 0.25) is 0 Å². The molecule has 0 amide bonds. The van der Waals surface area contributed by atoms with E-state index >= 15 is 0 Å². The van der Waals surface area contributed by atoms with Gasteiger partial charge in [0.05, 0.1) is 6.10 Å². The second-order valence-corrected chi connectivity index (χ2v) is 9.76. The molecule has 2 aromatic carbocycles. The van der Waals surface area contributed by atoms with Gasteiger partial charge in [0.15, 0.2) is 0 Å². The molecule has 0 radical (unpaired) electrons. The third kappa shape index (κ3) is 6.52. The standard InChI is InChI=1S/C24H33NOS.ClH/c1-17(2)27-23-14-12-20(13-15-23)24(26)18(3)25-22-11-7-10-21(16-22)19-8-5-4-6-9-19;/h4-6,8-9,12-15,17-18,21-22,24-26H,7,10-11,16H2,1-3H3;1H/t18?,21-,22+,24?;/m0./s1. The van der Waals surface area contributed by atoms with Gasteiger partial charge < -0.3 is 10.4 Å². The second kappa shape index (κ2) is 11.3.